The van der Waals surface area contributed by atoms with Crippen LogP contribution in [0.3, 0.4) is 0 Å². The van der Waals surface area contributed by atoms with Gasteiger partial charge in [0.15, 0.2) is 0 Å². The van der Waals surface area contributed by atoms with Crippen molar-refractivity contribution in [3.63, 3.8) is 0 Å². The van der Waals surface area contributed by atoms with E-state index in [1.54, 1.807) is 0 Å². The Balaban J connectivity index is 4.70. The molecule has 1 nitrogen and oxygen atoms in total. The van der Waals surface area contributed by atoms with Crippen LogP contribution < -0.4 is 0 Å². The summed E-state index contributed by atoms with van der Waals surface area (Å²) < 4.78 is 0. The second kappa shape index (κ2) is 5.67. The molecule has 0 aromatic heterocycles. The smallest absolute Gasteiger partial charge is 0.139 e. The van der Waals surface area contributed by atoms with E-state index in [1.807, 2.05) is 0 Å². The fourth-order valence-corrected chi connectivity index (χ4v) is 2.12. The summed E-state index contributed by atoms with van der Waals surface area (Å²) in [6, 6.07) is 0. The molecule has 0 bridgehead atoms. The largest absolute Gasteiger partial charge is 0.299 e. The van der Waals surface area contributed by atoms with Crippen LogP contribution in [-0.4, -0.2) is 5.78 Å². The van der Waals surface area contributed by atoms with Gasteiger partial charge in [-0.05, 0) is 24.2 Å². The molecule has 0 aromatic rings. The maximum Gasteiger partial charge on any atom is 0.139 e. The monoisotopic (exact) mass is 212 g/mol. The molecule has 0 spiro atoms. The van der Waals surface area contributed by atoms with Gasteiger partial charge in [0.2, 0.25) is 0 Å². The van der Waals surface area contributed by atoms with Crippen molar-refractivity contribution in [1.29, 1.82) is 0 Å². The van der Waals surface area contributed by atoms with Crippen molar-refractivity contribution in [3.05, 3.63) is 0 Å². The molecule has 0 fully saturated rings. The van der Waals surface area contributed by atoms with Crippen LogP contribution in [0.2, 0.25) is 0 Å². The first kappa shape index (κ1) is 14.7. The number of carbonyl (C=O) groups is 1. The maximum atomic E-state index is 12.3. The molecule has 0 aromatic carbocycles. The van der Waals surface area contributed by atoms with Crippen molar-refractivity contribution in [2.45, 2.75) is 61.3 Å². The van der Waals surface area contributed by atoms with Gasteiger partial charge in [-0.1, -0.05) is 48.5 Å². The zero-order valence-corrected chi connectivity index (χ0v) is 11.6. The number of rotatable bonds is 6. The summed E-state index contributed by atoms with van der Waals surface area (Å²) >= 11 is 0. The second-order valence-electron chi connectivity index (χ2n) is 6.19. The van der Waals surface area contributed by atoms with Gasteiger partial charge in [0.1, 0.15) is 5.78 Å². The van der Waals surface area contributed by atoms with Crippen LogP contribution in [0.25, 0.3) is 0 Å². The average molecular weight is 212 g/mol. The SMILES string of the molecule is CC(C)CC(=O)C(C)(CC(C)C)C(C)C. The van der Waals surface area contributed by atoms with Crippen molar-refractivity contribution in [1.82, 2.24) is 0 Å². The van der Waals surface area contributed by atoms with E-state index in [0.717, 1.165) is 12.8 Å². The third kappa shape index (κ3) is 4.36. The van der Waals surface area contributed by atoms with E-state index < -0.39 is 0 Å². The van der Waals surface area contributed by atoms with E-state index in [2.05, 4.69) is 48.5 Å². The standard InChI is InChI=1S/C14H28O/c1-10(2)8-13(15)14(7,12(5)6)9-11(3)4/h10-12H,8-9H2,1-7H3. The molecule has 90 valence electrons. The first-order chi connectivity index (χ1) is 6.70. The zero-order valence-electron chi connectivity index (χ0n) is 11.6. The summed E-state index contributed by atoms with van der Waals surface area (Å²) in [5.74, 6) is 1.95. The fourth-order valence-electron chi connectivity index (χ4n) is 2.12. The van der Waals surface area contributed by atoms with E-state index in [9.17, 15) is 4.79 Å². The molecule has 15 heavy (non-hydrogen) atoms. The van der Waals surface area contributed by atoms with Gasteiger partial charge in [-0.15, -0.1) is 0 Å². The lowest BCUT2D eigenvalue weighted by Gasteiger charge is -2.34. The van der Waals surface area contributed by atoms with Crippen LogP contribution in [0.5, 0.6) is 0 Å². The predicted molar refractivity (Wildman–Crippen MR) is 66.9 cm³/mol. The summed E-state index contributed by atoms with van der Waals surface area (Å²) in [6.45, 7) is 15.1. The number of Topliss-reactive ketones (excluding diaryl/α,β-unsaturated/α-hetero) is 1. The summed E-state index contributed by atoms with van der Waals surface area (Å²) in [4.78, 5) is 12.3. The van der Waals surface area contributed by atoms with Gasteiger partial charge in [-0.25, -0.2) is 0 Å². The molecule has 1 atom stereocenters. The Kier molecular flexibility index (Phi) is 5.55. The Hall–Kier alpha value is -0.330. The van der Waals surface area contributed by atoms with Crippen LogP contribution in [-0.2, 0) is 4.79 Å². The molecule has 0 heterocycles. The first-order valence-corrected chi connectivity index (χ1v) is 6.23. The Morgan fingerprint density at radius 2 is 1.47 bits per heavy atom. The quantitative estimate of drug-likeness (QED) is 0.641. The molecule has 0 aliphatic carbocycles. The second-order valence-corrected chi connectivity index (χ2v) is 6.19. The van der Waals surface area contributed by atoms with Gasteiger partial charge in [0.05, 0.1) is 0 Å². The summed E-state index contributed by atoms with van der Waals surface area (Å²) in [6.07, 6.45) is 1.73. The van der Waals surface area contributed by atoms with Crippen molar-refractivity contribution >= 4 is 5.78 Å². The Morgan fingerprint density at radius 3 is 1.73 bits per heavy atom. The summed E-state index contributed by atoms with van der Waals surface area (Å²) in [5, 5.41) is 0. The molecule has 0 radical (unpaired) electrons. The highest BCUT2D eigenvalue weighted by molar-refractivity contribution is 5.84. The normalized spacial score (nSPS) is 16.1. The maximum absolute atomic E-state index is 12.3. The topological polar surface area (TPSA) is 17.1 Å². The summed E-state index contributed by atoms with van der Waals surface area (Å²) in [7, 11) is 0. The average Bonchev–Trinajstić information content (AvgIpc) is 2.00. The molecule has 1 unspecified atom stereocenters. The zero-order chi connectivity index (χ0) is 12.2. The number of hydrogen-bond acceptors (Lipinski definition) is 1. The Morgan fingerprint density at radius 1 is 1.00 bits per heavy atom. The molecular formula is C14H28O. The van der Waals surface area contributed by atoms with Crippen LogP contribution in [0, 0.1) is 23.2 Å². The van der Waals surface area contributed by atoms with Crippen molar-refractivity contribution < 1.29 is 4.79 Å². The van der Waals surface area contributed by atoms with Crippen LogP contribution in [0.4, 0.5) is 0 Å². The minimum absolute atomic E-state index is 0.127. The molecule has 0 amide bonds. The van der Waals surface area contributed by atoms with Gasteiger partial charge >= 0.3 is 0 Å². The van der Waals surface area contributed by atoms with E-state index in [1.165, 1.54) is 0 Å². The molecule has 0 saturated heterocycles. The van der Waals surface area contributed by atoms with E-state index in [0.29, 0.717) is 23.5 Å². The lowest BCUT2D eigenvalue weighted by Crippen LogP contribution is -2.35. The van der Waals surface area contributed by atoms with Crippen molar-refractivity contribution in [2.75, 3.05) is 0 Å². The third-order valence-electron chi connectivity index (χ3n) is 3.34. The van der Waals surface area contributed by atoms with Gasteiger partial charge < -0.3 is 0 Å². The Labute approximate surface area is 95.6 Å². The molecule has 0 saturated carbocycles. The first-order valence-electron chi connectivity index (χ1n) is 6.23. The molecule has 0 aliphatic heterocycles. The van der Waals surface area contributed by atoms with Gasteiger partial charge in [-0.3, -0.25) is 4.79 Å². The molecular weight excluding hydrogens is 184 g/mol. The predicted octanol–water partition coefficient (Wildman–Crippen LogP) is 4.31. The van der Waals surface area contributed by atoms with Crippen molar-refractivity contribution in [3.8, 4) is 0 Å². The fraction of sp³-hybridized carbons (Fsp3) is 0.929. The Bertz CT molecular complexity index is 203. The van der Waals surface area contributed by atoms with Crippen LogP contribution in [0.1, 0.15) is 61.3 Å². The van der Waals surface area contributed by atoms with E-state index in [-0.39, 0.29) is 5.41 Å². The lowest BCUT2D eigenvalue weighted by atomic mass is 9.68. The van der Waals surface area contributed by atoms with Gasteiger partial charge in [0.25, 0.3) is 0 Å². The van der Waals surface area contributed by atoms with Gasteiger partial charge in [-0.2, -0.15) is 0 Å². The minimum Gasteiger partial charge on any atom is -0.299 e. The lowest BCUT2D eigenvalue weighted by molar-refractivity contribution is -0.132. The van der Waals surface area contributed by atoms with E-state index in [4.69, 9.17) is 0 Å². The number of carbonyl (C=O) groups excluding carboxylic acids is 1. The van der Waals surface area contributed by atoms with Crippen LogP contribution >= 0.6 is 0 Å². The molecule has 0 aliphatic rings. The van der Waals surface area contributed by atoms with Crippen LogP contribution in [0.15, 0.2) is 0 Å². The highest BCUT2D eigenvalue weighted by Gasteiger charge is 2.36. The highest BCUT2D eigenvalue weighted by atomic mass is 16.1. The molecule has 1 heteroatoms. The van der Waals surface area contributed by atoms with Gasteiger partial charge in [0, 0.05) is 11.8 Å². The number of ketones is 1. The number of hydrogen-bond donors (Lipinski definition) is 0. The minimum atomic E-state index is -0.127. The molecule has 0 N–H and O–H groups in total. The third-order valence-corrected chi connectivity index (χ3v) is 3.34. The highest BCUT2D eigenvalue weighted by Crippen LogP contribution is 2.36. The van der Waals surface area contributed by atoms with Crippen molar-refractivity contribution in [2.24, 2.45) is 23.2 Å². The molecule has 0 rings (SSSR count). The summed E-state index contributed by atoms with van der Waals surface area (Å²) in [5.41, 5.74) is -0.127. The van der Waals surface area contributed by atoms with E-state index >= 15 is 0 Å².